The van der Waals surface area contributed by atoms with Gasteiger partial charge < -0.3 is 15.2 Å². The molecule has 1 amide bonds. The Kier molecular flexibility index (Phi) is 7.21. The number of rotatable bonds is 9. The minimum atomic E-state index is -1.46. The van der Waals surface area contributed by atoms with E-state index >= 15 is 0 Å². The van der Waals surface area contributed by atoms with Crippen LogP contribution in [0.3, 0.4) is 0 Å². The van der Waals surface area contributed by atoms with E-state index in [2.05, 4.69) is 5.32 Å². The highest BCUT2D eigenvalue weighted by molar-refractivity contribution is 5.88. The molecule has 0 saturated carbocycles. The Bertz CT molecular complexity index is 868. The van der Waals surface area contributed by atoms with Crippen LogP contribution in [0.4, 0.5) is 5.69 Å². The molecule has 0 radical (unpaired) electrons. The van der Waals surface area contributed by atoms with Crippen molar-refractivity contribution in [1.82, 2.24) is 5.32 Å². The summed E-state index contributed by atoms with van der Waals surface area (Å²) in [7, 11) is 0. The Balaban J connectivity index is 1.90. The van der Waals surface area contributed by atoms with Crippen LogP contribution in [0.25, 0.3) is 0 Å². The van der Waals surface area contributed by atoms with Crippen molar-refractivity contribution in [3.63, 3.8) is 0 Å². The zero-order chi connectivity index (χ0) is 20.5. The van der Waals surface area contributed by atoms with Crippen molar-refractivity contribution in [2.75, 3.05) is 0 Å². The first kappa shape index (κ1) is 20.6. The van der Waals surface area contributed by atoms with Gasteiger partial charge in [0.2, 0.25) is 5.91 Å². The third kappa shape index (κ3) is 6.52. The van der Waals surface area contributed by atoms with Crippen LogP contribution >= 0.6 is 0 Å². The molecule has 2 aromatic rings. The van der Waals surface area contributed by atoms with Gasteiger partial charge >= 0.3 is 11.9 Å². The van der Waals surface area contributed by atoms with Gasteiger partial charge in [0, 0.05) is 12.1 Å². The standard InChI is InChI=1S/C19H18N2O7/c22-17(10-14-7-4-8-15(9-14)21(26)27)20-16(19(24)25)11-18(23)28-12-13-5-2-1-3-6-13/h1-9,16H,10-12H2,(H,20,22)(H,24,25)/t16-/m1/s1. The Labute approximate surface area is 160 Å². The molecule has 0 aliphatic carbocycles. The molecule has 0 saturated heterocycles. The Morgan fingerprint density at radius 1 is 1.07 bits per heavy atom. The van der Waals surface area contributed by atoms with E-state index in [9.17, 15) is 29.6 Å². The number of nitrogens with zero attached hydrogens (tertiary/aromatic N) is 1. The summed E-state index contributed by atoms with van der Waals surface area (Å²) < 4.78 is 5.02. The molecule has 0 aromatic heterocycles. The number of nitro groups is 1. The Morgan fingerprint density at radius 3 is 2.39 bits per heavy atom. The second kappa shape index (κ2) is 9.81. The fourth-order valence-corrected chi connectivity index (χ4v) is 2.37. The molecule has 0 fully saturated rings. The van der Waals surface area contributed by atoms with E-state index < -0.39 is 35.2 Å². The van der Waals surface area contributed by atoms with Crippen molar-refractivity contribution >= 4 is 23.5 Å². The van der Waals surface area contributed by atoms with Crippen molar-refractivity contribution in [2.45, 2.75) is 25.5 Å². The van der Waals surface area contributed by atoms with E-state index in [1.165, 1.54) is 24.3 Å². The normalized spacial score (nSPS) is 11.3. The van der Waals surface area contributed by atoms with Crippen molar-refractivity contribution in [2.24, 2.45) is 0 Å². The van der Waals surface area contributed by atoms with E-state index in [1.54, 1.807) is 24.3 Å². The summed E-state index contributed by atoms with van der Waals surface area (Å²) in [5.41, 5.74) is 0.921. The number of carbonyl (C=O) groups is 3. The Morgan fingerprint density at radius 2 is 1.75 bits per heavy atom. The van der Waals surface area contributed by atoms with Gasteiger partial charge in [0.15, 0.2) is 0 Å². The fourth-order valence-electron chi connectivity index (χ4n) is 2.37. The zero-order valence-electron chi connectivity index (χ0n) is 14.7. The molecular formula is C19H18N2O7. The Hall–Kier alpha value is -3.75. The molecule has 146 valence electrons. The number of amides is 1. The van der Waals surface area contributed by atoms with Crippen molar-refractivity contribution in [3.8, 4) is 0 Å². The number of carboxylic acids is 1. The van der Waals surface area contributed by atoms with Crippen LogP contribution in [0.5, 0.6) is 0 Å². The van der Waals surface area contributed by atoms with Crippen LogP contribution < -0.4 is 5.32 Å². The minimum absolute atomic E-state index is 0.00631. The quantitative estimate of drug-likeness (QED) is 0.381. The highest BCUT2D eigenvalue weighted by Gasteiger charge is 2.24. The molecule has 2 N–H and O–H groups in total. The first-order chi connectivity index (χ1) is 13.3. The lowest BCUT2D eigenvalue weighted by Crippen LogP contribution is -2.43. The van der Waals surface area contributed by atoms with Crippen LogP contribution in [-0.4, -0.2) is 33.9 Å². The first-order valence-corrected chi connectivity index (χ1v) is 8.30. The summed E-state index contributed by atoms with van der Waals surface area (Å²) in [6.45, 7) is -0.00631. The van der Waals surface area contributed by atoms with Crippen molar-refractivity contribution in [1.29, 1.82) is 0 Å². The number of hydrogen-bond acceptors (Lipinski definition) is 6. The molecule has 28 heavy (non-hydrogen) atoms. The van der Waals surface area contributed by atoms with Crippen LogP contribution in [-0.2, 0) is 32.1 Å². The summed E-state index contributed by atoms with van der Waals surface area (Å²) in [5, 5.41) is 22.2. The maximum absolute atomic E-state index is 12.1. The van der Waals surface area contributed by atoms with Gasteiger partial charge in [-0.1, -0.05) is 42.5 Å². The predicted octanol–water partition coefficient (Wildman–Crippen LogP) is 1.84. The molecular weight excluding hydrogens is 368 g/mol. The molecule has 1 atom stereocenters. The van der Waals surface area contributed by atoms with E-state index in [1.807, 2.05) is 6.07 Å². The van der Waals surface area contributed by atoms with Gasteiger partial charge in [-0.25, -0.2) is 4.79 Å². The number of esters is 1. The third-order valence-corrected chi connectivity index (χ3v) is 3.73. The SMILES string of the molecule is O=C(Cc1cccc([N+](=O)[O-])c1)N[C@H](CC(=O)OCc1ccccc1)C(=O)O. The van der Waals surface area contributed by atoms with E-state index in [0.29, 0.717) is 5.56 Å². The summed E-state index contributed by atoms with van der Waals surface area (Å²) in [5.74, 6) is -2.83. The number of nitrogens with one attached hydrogen (secondary N) is 1. The van der Waals surface area contributed by atoms with Crippen LogP contribution in [0.1, 0.15) is 17.5 Å². The molecule has 9 heteroatoms. The van der Waals surface area contributed by atoms with E-state index in [4.69, 9.17) is 4.74 Å². The summed E-state index contributed by atoms with van der Waals surface area (Å²) in [4.78, 5) is 45.5. The molecule has 2 aromatic carbocycles. The van der Waals surface area contributed by atoms with Crippen LogP contribution in [0.2, 0.25) is 0 Å². The molecule has 0 aliphatic rings. The van der Waals surface area contributed by atoms with E-state index in [0.717, 1.165) is 5.56 Å². The highest BCUT2D eigenvalue weighted by atomic mass is 16.6. The number of nitro benzene ring substituents is 1. The molecule has 0 heterocycles. The summed E-state index contributed by atoms with van der Waals surface area (Å²) >= 11 is 0. The number of non-ortho nitro benzene ring substituents is 1. The average Bonchev–Trinajstić information content (AvgIpc) is 2.66. The number of carbonyl (C=O) groups excluding carboxylic acids is 2. The number of benzene rings is 2. The topological polar surface area (TPSA) is 136 Å². The number of carboxylic acid groups (broad SMARTS) is 1. The molecule has 0 bridgehead atoms. The molecule has 2 rings (SSSR count). The monoisotopic (exact) mass is 386 g/mol. The van der Waals surface area contributed by atoms with Gasteiger partial charge in [-0.3, -0.25) is 19.7 Å². The summed E-state index contributed by atoms with van der Waals surface area (Å²) in [6.07, 6.45) is -0.798. The van der Waals surface area contributed by atoms with Crippen LogP contribution in [0, 0.1) is 10.1 Å². The van der Waals surface area contributed by atoms with Gasteiger partial charge in [0.25, 0.3) is 5.69 Å². The van der Waals surface area contributed by atoms with E-state index in [-0.39, 0.29) is 18.7 Å². The lowest BCUT2D eigenvalue weighted by molar-refractivity contribution is -0.384. The van der Waals surface area contributed by atoms with Gasteiger partial charge in [-0.05, 0) is 11.1 Å². The van der Waals surface area contributed by atoms with Crippen LogP contribution in [0.15, 0.2) is 54.6 Å². The molecule has 0 unspecified atom stereocenters. The maximum atomic E-state index is 12.1. The van der Waals surface area contributed by atoms with Gasteiger partial charge in [0.05, 0.1) is 17.8 Å². The van der Waals surface area contributed by atoms with Gasteiger partial charge in [-0.2, -0.15) is 0 Å². The third-order valence-electron chi connectivity index (χ3n) is 3.73. The average molecular weight is 386 g/mol. The highest BCUT2D eigenvalue weighted by Crippen LogP contribution is 2.13. The lowest BCUT2D eigenvalue weighted by atomic mass is 10.1. The van der Waals surface area contributed by atoms with Crippen molar-refractivity contribution in [3.05, 3.63) is 75.8 Å². The number of hydrogen-bond donors (Lipinski definition) is 2. The zero-order valence-corrected chi connectivity index (χ0v) is 14.7. The first-order valence-electron chi connectivity index (χ1n) is 8.30. The molecule has 9 nitrogen and oxygen atoms in total. The number of aliphatic carboxylic acids is 1. The lowest BCUT2D eigenvalue weighted by Gasteiger charge is -2.14. The maximum Gasteiger partial charge on any atom is 0.326 e. The fraction of sp³-hybridized carbons (Fsp3) is 0.211. The predicted molar refractivity (Wildman–Crippen MR) is 97.2 cm³/mol. The van der Waals surface area contributed by atoms with Gasteiger partial charge in [-0.15, -0.1) is 0 Å². The minimum Gasteiger partial charge on any atom is -0.480 e. The molecule has 0 aliphatic heterocycles. The second-order valence-corrected chi connectivity index (χ2v) is 5.91. The smallest absolute Gasteiger partial charge is 0.326 e. The second-order valence-electron chi connectivity index (χ2n) is 5.91. The molecule has 0 spiro atoms. The number of ether oxygens (including phenoxy) is 1. The largest absolute Gasteiger partial charge is 0.480 e. The van der Waals surface area contributed by atoms with Gasteiger partial charge in [0.1, 0.15) is 12.6 Å². The summed E-state index contributed by atoms with van der Waals surface area (Å²) in [6, 6.07) is 12.8. The van der Waals surface area contributed by atoms with Crippen molar-refractivity contribution < 1.29 is 29.2 Å².